The molecule has 0 radical (unpaired) electrons. The fourth-order valence-electron chi connectivity index (χ4n) is 2.25. The molecule has 0 spiro atoms. The van der Waals surface area contributed by atoms with E-state index in [2.05, 4.69) is 4.98 Å². The van der Waals surface area contributed by atoms with Crippen molar-refractivity contribution in [1.29, 1.82) is 0 Å². The highest BCUT2D eigenvalue weighted by Crippen LogP contribution is 2.26. The summed E-state index contributed by atoms with van der Waals surface area (Å²) in [5.41, 5.74) is 0. The lowest BCUT2D eigenvalue weighted by Crippen LogP contribution is -2.32. The average Bonchev–Trinajstić information content (AvgIpc) is 2.98. The Bertz CT molecular complexity index is 475. The zero-order valence-electron chi connectivity index (χ0n) is 10.3. The molecule has 2 heterocycles. The molecule has 1 atom stereocenters. The maximum atomic E-state index is 12.4. The zero-order chi connectivity index (χ0) is 12.5. The van der Waals surface area contributed by atoms with E-state index in [1.807, 2.05) is 17.7 Å². The van der Waals surface area contributed by atoms with Gasteiger partial charge in [0.25, 0.3) is 0 Å². The van der Waals surface area contributed by atoms with Crippen molar-refractivity contribution in [3.63, 3.8) is 0 Å². The van der Waals surface area contributed by atoms with Crippen LogP contribution in [0.2, 0.25) is 0 Å². The van der Waals surface area contributed by atoms with Gasteiger partial charge in [-0.3, -0.25) is 0 Å². The normalized spacial score (nSPS) is 19.6. The minimum atomic E-state index is -3.24. The van der Waals surface area contributed by atoms with Gasteiger partial charge in [0.2, 0.25) is 10.0 Å². The predicted octanol–water partition coefficient (Wildman–Crippen LogP) is 1.39. The quantitative estimate of drug-likeness (QED) is 0.819. The highest BCUT2D eigenvalue weighted by molar-refractivity contribution is 7.89. The third-order valence-corrected chi connectivity index (χ3v) is 5.51. The molecule has 6 heteroatoms. The summed E-state index contributed by atoms with van der Waals surface area (Å²) in [6, 6.07) is 0. The topological polar surface area (TPSA) is 55.2 Å². The first kappa shape index (κ1) is 12.6. The third-order valence-electron chi connectivity index (χ3n) is 3.32. The van der Waals surface area contributed by atoms with E-state index in [1.54, 1.807) is 17.4 Å². The van der Waals surface area contributed by atoms with E-state index >= 15 is 0 Å². The highest BCUT2D eigenvalue weighted by atomic mass is 32.2. The van der Waals surface area contributed by atoms with Crippen LogP contribution in [-0.4, -0.2) is 35.4 Å². The molecule has 1 saturated heterocycles. The van der Waals surface area contributed by atoms with Crippen molar-refractivity contribution in [1.82, 2.24) is 13.9 Å². The molecule has 0 N–H and O–H groups in total. The van der Waals surface area contributed by atoms with Crippen LogP contribution in [0.5, 0.6) is 0 Å². The van der Waals surface area contributed by atoms with Crippen molar-refractivity contribution in [2.75, 3.05) is 13.1 Å². The molecule has 1 aliphatic rings. The Balaban J connectivity index is 2.27. The fourth-order valence-corrected chi connectivity index (χ4v) is 3.92. The summed E-state index contributed by atoms with van der Waals surface area (Å²) in [5.74, 6) is 0.638. The summed E-state index contributed by atoms with van der Waals surface area (Å²) in [5, 5.41) is -0.560. The van der Waals surface area contributed by atoms with Crippen molar-refractivity contribution in [3.8, 4) is 0 Å². The van der Waals surface area contributed by atoms with Gasteiger partial charge in [-0.25, -0.2) is 17.7 Å². The maximum absolute atomic E-state index is 12.4. The molecule has 0 bridgehead atoms. The Hall–Kier alpha value is -0.880. The van der Waals surface area contributed by atoms with Gasteiger partial charge in [-0.2, -0.15) is 0 Å². The van der Waals surface area contributed by atoms with E-state index in [4.69, 9.17) is 0 Å². The molecular weight excluding hydrogens is 238 g/mol. The van der Waals surface area contributed by atoms with E-state index in [9.17, 15) is 8.42 Å². The number of aromatic nitrogens is 2. The molecule has 1 unspecified atom stereocenters. The molecule has 2 rings (SSSR count). The molecule has 0 aromatic carbocycles. The van der Waals surface area contributed by atoms with Crippen LogP contribution in [-0.2, 0) is 16.6 Å². The molecule has 0 saturated carbocycles. The Labute approximate surface area is 103 Å². The van der Waals surface area contributed by atoms with Gasteiger partial charge in [0, 0.05) is 32.0 Å². The lowest BCUT2D eigenvalue weighted by molar-refractivity contribution is 0.464. The first-order chi connectivity index (χ1) is 8.07. The maximum Gasteiger partial charge on any atom is 0.224 e. The Morgan fingerprint density at radius 1 is 1.41 bits per heavy atom. The van der Waals surface area contributed by atoms with Crippen LogP contribution < -0.4 is 0 Å². The Morgan fingerprint density at radius 2 is 2.06 bits per heavy atom. The van der Waals surface area contributed by atoms with E-state index in [-0.39, 0.29) is 0 Å². The summed E-state index contributed by atoms with van der Waals surface area (Å²) >= 11 is 0. The molecule has 1 aliphatic heterocycles. The molecule has 1 aromatic rings. The van der Waals surface area contributed by atoms with Crippen molar-refractivity contribution in [2.24, 2.45) is 0 Å². The smallest absolute Gasteiger partial charge is 0.224 e. The fraction of sp³-hybridized carbons (Fsp3) is 0.727. The van der Waals surface area contributed by atoms with Gasteiger partial charge in [-0.1, -0.05) is 0 Å². The van der Waals surface area contributed by atoms with Gasteiger partial charge in [0.05, 0.1) is 0 Å². The number of hydrogen-bond acceptors (Lipinski definition) is 3. The summed E-state index contributed by atoms with van der Waals surface area (Å²) in [4.78, 5) is 4.18. The highest BCUT2D eigenvalue weighted by Gasteiger charge is 2.33. The van der Waals surface area contributed by atoms with Crippen molar-refractivity contribution >= 4 is 10.0 Å². The van der Waals surface area contributed by atoms with Gasteiger partial charge >= 0.3 is 0 Å². The average molecular weight is 257 g/mol. The molecule has 1 aromatic heterocycles. The van der Waals surface area contributed by atoms with E-state index in [0.29, 0.717) is 18.9 Å². The van der Waals surface area contributed by atoms with E-state index in [0.717, 1.165) is 19.4 Å². The first-order valence-electron chi connectivity index (χ1n) is 6.07. The van der Waals surface area contributed by atoms with Crippen molar-refractivity contribution in [3.05, 3.63) is 18.2 Å². The van der Waals surface area contributed by atoms with Crippen LogP contribution in [0.25, 0.3) is 0 Å². The van der Waals surface area contributed by atoms with Gasteiger partial charge in [-0.15, -0.1) is 0 Å². The summed E-state index contributed by atoms with van der Waals surface area (Å²) in [6.07, 6.45) is 5.42. The van der Waals surface area contributed by atoms with Crippen molar-refractivity contribution in [2.45, 2.75) is 38.5 Å². The molecular formula is C11H19N3O2S. The SMILES string of the molecule is CCn1ccnc1C(C)S(=O)(=O)N1CCCC1. The number of imidazole rings is 1. The monoisotopic (exact) mass is 257 g/mol. The second kappa shape index (κ2) is 4.78. The predicted molar refractivity (Wildman–Crippen MR) is 66.0 cm³/mol. The minimum absolute atomic E-state index is 0.560. The van der Waals surface area contributed by atoms with Crippen LogP contribution in [0.4, 0.5) is 0 Å². The number of hydrogen-bond donors (Lipinski definition) is 0. The Kier molecular flexibility index (Phi) is 3.53. The molecule has 0 aliphatic carbocycles. The lowest BCUT2D eigenvalue weighted by Gasteiger charge is -2.21. The van der Waals surface area contributed by atoms with Crippen LogP contribution in [0.3, 0.4) is 0 Å². The summed E-state index contributed by atoms with van der Waals surface area (Å²) < 4.78 is 28.2. The molecule has 96 valence electrons. The van der Waals surface area contributed by atoms with E-state index < -0.39 is 15.3 Å². The summed E-state index contributed by atoms with van der Waals surface area (Å²) in [7, 11) is -3.24. The Morgan fingerprint density at radius 3 is 2.65 bits per heavy atom. The summed E-state index contributed by atoms with van der Waals surface area (Å²) in [6.45, 7) is 5.76. The first-order valence-corrected chi connectivity index (χ1v) is 7.57. The number of aryl methyl sites for hydroxylation is 1. The van der Waals surface area contributed by atoms with Crippen molar-refractivity contribution < 1.29 is 8.42 Å². The van der Waals surface area contributed by atoms with Crippen LogP contribution >= 0.6 is 0 Å². The molecule has 17 heavy (non-hydrogen) atoms. The standard InChI is InChI=1S/C11H19N3O2S/c1-3-13-9-6-12-11(13)10(2)17(15,16)14-7-4-5-8-14/h6,9-10H,3-5,7-8H2,1-2H3. The van der Waals surface area contributed by atoms with Crippen LogP contribution in [0.15, 0.2) is 12.4 Å². The van der Waals surface area contributed by atoms with Crippen LogP contribution in [0, 0.1) is 0 Å². The van der Waals surface area contributed by atoms with Gasteiger partial charge < -0.3 is 4.57 Å². The third kappa shape index (κ3) is 2.24. The largest absolute Gasteiger partial charge is 0.334 e. The van der Waals surface area contributed by atoms with Gasteiger partial charge in [-0.05, 0) is 26.7 Å². The van der Waals surface area contributed by atoms with E-state index in [1.165, 1.54) is 0 Å². The van der Waals surface area contributed by atoms with Crippen LogP contribution in [0.1, 0.15) is 37.8 Å². The lowest BCUT2D eigenvalue weighted by atomic mass is 10.4. The zero-order valence-corrected chi connectivity index (χ0v) is 11.2. The molecule has 0 amide bonds. The number of nitrogens with zero attached hydrogens (tertiary/aromatic N) is 3. The second-order valence-electron chi connectivity index (χ2n) is 4.36. The molecule has 5 nitrogen and oxygen atoms in total. The van der Waals surface area contributed by atoms with Gasteiger partial charge in [0.15, 0.2) is 0 Å². The number of sulfonamides is 1. The van der Waals surface area contributed by atoms with Gasteiger partial charge in [0.1, 0.15) is 11.1 Å². The number of rotatable bonds is 4. The second-order valence-corrected chi connectivity index (χ2v) is 6.62. The minimum Gasteiger partial charge on any atom is -0.334 e. The molecule has 1 fully saturated rings.